The third kappa shape index (κ3) is 5.04. The first kappa shape index (κ1) is 19.3. The Labute approximate surface area is 165 Å². The lowest BCUT2D eigenvalue weighted by atomic mass is 10.1. The van der Waals surface area contributed by atoms with Crippen LogP contribution in [0.4, 0.5) is 5.82 Å². The number of amides is 1. The van der Waals surface area contributed by atoms with Crippen molar-refractivity contribution in [2.45, 2.75) is 20.3 Å². The molecule has 0 spiro atoms. The standard InChI is InChI=1S/C23H23N3O2/c1-16(2)13-20-23(26-22(27)14-17-7-5-4-6-8-17)24-15-21(25-20)18-9-11-19(28-3)12-10-18/h4-13,15H,14H2,1-3H3,(H,24,26,27). The van der Waals surface area contributed by atoms with Gasteiger partial charge in [-0.3, -0.25) is 4.79 Å². The molecule has 28 heavy (non-hydrogen) atoms. The van der Waals surface area contributed by atoms with Gasteiger partial charge in [-0.15, -0.1) is 0 Å². The molecule has 0 aliphatic heterocycles. The third-order valence-corrected chi connectivity index (χ3v) is 4.08. The zero-order chi connectivity index (χ0) is 19.9. The van der Waals surface area contributed by atoms with Gasteiger partial charge in [-0.25, -0.2) is 9.97 Å². The summed E-state index contributed by atoms with van der Waals surface area (Å²) in [5, 5.41) is 2.88. The van der Waals surface area contributed by atoms with Gasteiger partial charge in [-0.1, -0.05) is 35.9 Å². The molecular formula is C23H23N3O2. The molecule has 3 rings (SSSR count). The van der Waals surface area contributed by atoms with Crippen LogP contribution in [0, 0.1) is 0 Å². The number of nitrogens with zero attached hydrogens (tertiary/aromatic N) is 2. The molecule has 0 aliphatic rings. The highest BCUT2D eigenvalue weighted by atomic mass is 16.5. The van der Waals surface area contributed by atoms with E-state index >= 15 is 0 Å². The Bertz CT molecular complexity index is 976. The molecule has 5 heteroatoms. The van der Waals surface area contributed by atoms with Crippen LogP contribution in [-0.4, -0.2) is 23.0 Å². The number of hydrogen-bond donors (Lipinski definition) is 1. The number of carbonyl (C=O) groups excluding carboxylic acids is 1. The zero-order valence-corrected chi connectivity index (χ0v) is 16.3. The molecular weight excluding hydrogens is 350 g/mol. The number of anilines is 1. The average molecular weight is 373 g/mol. The van der Waals surface area contributed by atoms with E-state index in [0.29, 0.717) is 11.5 Å². The molecule has 0 bridgehead atoms. The summed E-state index contributed by atoms with van der Waals surface area (Å²) in [5.41, 5.74) is 4.32. The van der Waals surface area contributed by atoms with Crippen LogP contribution < -0.4 is 10.1 Å². The summed E-state index contributed by atoms with van der Waals surface area (Å²) in [4.78, 5) is 21.6. The summed E-state index contributed by atoms with van der Waals surface area (Å²) < 4.78 is 5.20. The van der Waals surface area contributed by atoms with Gasteiger partial charge in [-0.05, 0) is 49.8 Å². The maximum Gasteiger partial charge on any atom is 0.230 e. The van der Waals surface area contributed by atoms with Crippen molar-refractivity contribution in [2.75, 3.05) is 12.4 Å². The minimum absolute atomic E-state index is 0.124. The van der Waals surface area contributed by atoms with E-state index in [2.05, 4.69) is 10.3 Å². The number of carbonyl (C=O) groups is 1. The lowest BCUT2D eigenvalue weighted by Gasteiger charge is -2.10. The maximum atomic E-state index is 12.4. The van der Waals surface area contributed by atoms with Gasteiger partial charge in [0.15, 0.2) is 5.82 Å². The van der Waals surface area contributed by atoms with E-state index in [0.717, 1.165) is 28.1 Å². The quantitative estimate of drug-likeness (QED) is 0.677. The van der Waals surface area contributed by atoms with Crippen molar-refractivity contribution in [1.29, 1.82) is 0 Å². The van der Waals surface area contributed by atoms with Crippen molar-refractivity contribution in [2.24, 2.45) is 0 Å². The van der Waals surface area contributed by atoms with Crippen molar-refractivity contribution >= 4 is 17.8 Å². The van der Waals surface area contributed by atoms with Crippen LogP contribution >= 0.6 is 0 Å². The molecule has 0 unspecified atom stereocenters. The van der Waals surface area contributed by atoms with Crippen LogP contribution in [0.1, 0.15) is 25.1 Å². The van der Waals surface area contributed by atoms with Gasteiger partial charge < -0.3 is 10.1 Å². The van der Waals surface area contributed by atoms with Crippen molar-refractivity contribution in [3.63, 3.8) is 0 Å². The van der Waals surface area contributed by atoms with E-state index in [1.807, 2.05) is 74.5 Å². The molecule has 0 atom stereocenters. The number of rotatable bonds is 6. The highest BCUT2D eigenvalue weighted by Crippen LogP contribution is 2.23. The summed E-state index contributed by atoms with van der Waals surface area (Å²) in [6.45, 7) is 3.97. The van der Waals surface area contributed by atoms with Crippen molar-refractivity contribution in [3.8, 4) is 17.0 Å². The Morgan fingerprint density at radius 1 is 1.07 bits per heavy atom. The number of hydrogen-bond acceptors (Lipinski definition) is 4. The Kier molecular flexibility index (Phi) is 6.17. The first-order valence-corrected chi connectivity index (χ1v) is 9.05. The van der Waals surface area contributed by atoms with Crippen LogP contribution in [0.25, 0.3) is 17.3 Å². The largest absolute Gasteiger partial charge is 0.497 e. The van der Waals surface area contributed by atoms with Crippen molar-refractivity contribution in [3.05, 3.63) is 77.6 Å². The van der Waals surface area contributed by atoms with E-state index in [1.165, 1.54) is 0 Å². The van der Waals surface area contributed by atoms with Gasteiger partial charge in [0.05, 0.1) is 25.4 Å². The predicted octanol–water partition coefficient (Wildman–Crippen LogP) is 4.76. The molecule has 0 radical (unpaired) electrons. The van der Waals surface area contributed by atoms with Gasteiger partial charge in [-0.2, -0.15) is 0 Å². The molecule has 0 saturated heterocycles. The Morgan fingerprint density at radius 2 is 1.79 bits per heavy atom. The fraction of sp³-hybridized carbons (Fsp3) is 0.174. The topological polar surface area (TPSA) is 64.1 Å². The second-order valence-electron chi connectivity index (χ2n) is 6.65. The summed E-state index contributed by atoms with van der Waals surface area (Å²) in [6.07, 6.45) is 3.87. The van der Waals surface area contributed by atoms with Gasteiger partial charge in [0.2, 0.25) is 5.91 Å². The zero-order valence-electron chi connectivity index (χ0n) is 16.3. The molecule has 1 aromatic heterocycles. The SMILES string of the molecule is COc1ccc(-c2cnc(NC(=O)Cc3ccccc3)c(C=C(C)C)n2)cc1. The summed E-state index contributed by atoms with van der Waals surface area (Å²) >= 11 is 0. The third-order valence-electron chi connectivity index (χ3n) is 4.08. The predicted molar refractivity (Wildman–Crippen MR) is 112 cm³/mol. The highest BCUT2D eigenvalue weighted by Gasteiger charge is 2.11. The van der Waals surface area contributed by atoms with E-state index < -0.39 is 0 Å². The van der Waals surface area contributed by atoms with Gasteiger partial charge in [0.1, 0.15) is 11.4 Å². The number of ether oxygens (including phenoxy) is 1. The summed E-state index contributed by atoms with van der Waals surface area (Å²) in [6, 6.07) is 17.2. The second-order valence-corrected chi connectivity index (χ2v) is 6.65. The molecule has 0 saturated carbocycles. The molecule has 5 nitrogen and oxygen atoms in total. The molecule has 1 heterocycles. The first-order valence-electron chi connectivity index (χ1n) is 9.05. The summed E-state index contributed by atoms with van der Waals surface area (Å²) in [7, 11) is 1.63. The second kappa shape index (κ2) is 8.95. The molecule has 3 aromatic rings. The van der Waals surface area contributed by atoms with Crippen molar-refractivity contribution < 1.29 is 9.53 Å². The smallest absolute Gasteiger partial charge is 0.230 e. The molecule has 1 N–H and O–H groups in total. The molecule has 142 valence electrons. The minimum atomic E-state index is -0.124. The van der Waals surface area contributed by atoms with E-state index in [1.54, 1.807) is 13.3 Å². The van der Waals surface area contributed by atoms with E-state index in [4.69, 9.17) is 9.72 Å². The lowest BCUT2D eigenvalue weighted by Crippen LogP contribution is -2.16. The molecule has 2 aromatic carbocycles. The van der Waals surface area contributed by atoms with Crippen LogP contribution in [0.3, 0.4) is 0 Å². The van der Waals surface area contributed by atoms with Gasteiger partial charge >= 0.3 is 0 Å². The van der Waals surface area contributed by atoms with Crippen LogP contribution in [0.15, 0.2) is 66.4 Å². The lowest BCUT2D eigenvalue weighted by molar-refractivity contribution is -0.115. The Balaban J connectivity index is 1.86. The highest BCUT2D eigenvalue weighted by molar-refractivity contribution is 5.93. The van der Waals surface area contributed by atoms with Gasteiger partial charge in [0.25, 0.3) is 0 Å². The number of nitrogens with one attached hydrogen (secondary N) is 1. The molecule has 0 fully saturated rings. The Morgan fingerprint density at radius 3 is 2.43 bits per heavy atom. The maximum absolute atomic E-state index is 12.4. The fourth-order valence-electron chi connectivity index (χ4n) is 2.73. The number of allylic oxidation sites excluding steroid dienone is 1. The van der Waals surface area contributed by atoms with Crippen LogP contribution in [-0.2, 0) is 11.2 Å². The minimum Gasteiger partial charge on any atom is -0.497 e. The number of aromatic nitrogens is 2. The Hall–Kier alpha value is -3.47. The first-order chi connectivity index (χ1) is 13.5. The monoisotopic (exact) mass is 373 g/mol. The van der Waals surface area contributed by atoms with Gasteiger partial charge in [0, 0.05) is 5.56 Å². The number of methoxy groups -OCH3 is 1. The van der Waals surface area contributed by atoms with Crippen molar-refractivity contribution in [1.82, 2.24) is 9.97 Å². The normalized spacial score (nSPS) is 10.2. The number of benzene rings is 2. The van der Waals surface area contributed by atoms with E-state index in [9.17, 15) is 4.79 Å². The van der Waals surface area contributed by atoms with Crippen LogP contribution in [0.5, 0.6) is 5.75 Å². The average Bonchev–Trinajstić information content (AvgIpc) is 2.70. The van der Waals surface area contributed by atoms with Crippen LogP contribution in [0.2, 0.25) is 0 Å². The summed E-state index contributed by atoms with van der Waals surface area (Å²) in [5.74, 6) is 1.12. The fourth-order valence-corrected chi connectivity index (χ4v) is 2.73. The molecule has 0 aliphatic carbocycles. The van der Waals surface area contributed by atoms with E-state index in [-0.39, 0.29) is 12.3 Å². The molecule has 1 amide bonds.